The van der Waals surface area contributed by atoms with E-state index in [1.807, 2.05) is 14.0 Å². The van der Waals surface area contributed by atoms with Crippen molar-refractivity contribution in [3.8, 4) is 0 Å². The second-order valence-electron chi connectivity index (χ2n) is 4.22. The first-order valence-electron chi connectivity index (χ1n) is 5.84. The van der Waals surface area contributed by atoms with Gasteiger partial charge in [0.25, 0.3) is 0 Å². The average molecular weight is 300 g/mol. The van der Waals surface area contributed by atoms with Gasteiger partial charge in [0.15, 0.2) is 0 Å². The summed E-state index contributed by atoms with van der Waals surface area (Å²) in [5.41, 5.74) is 1.03. The number of nitrogens with zero attached hydrogens (tertiary/aromatic N) is 2. The summed E-state index contributed by atoms with van der Waals surface area (Å²) in [6.07, 6.45) is 0. The highest BCUT2D eigenvalue weighted by molar-refractivity contribution is 9.10. The molecule has 1 N–H and O–H groups in total. The zero-order chi connectivity index (χ0) is 12.3. The van der Waals surface area contributed by atoms with E-state index < -0.39 is 0 Å². The molecule has 1 atom stereocenters. The summed E-state index contributed by atoms with van der Waals surface area (Å²) < 4.78 is 6.58. The number of halogens is 1. The van der Waals surface area contributed by atoms with E-state index in [0.29, 0.717) is 6.04 Å². The first-order valence-corrected chi connectivity index (χ1v) is 6.64. The Kier molecular flexibility index (Phi) is 4.36. The molecular weight excluding hydrogens is 282 g/mol. The number of rotatable bonds is 3. The van der Waals surface area contributed by atoms with Crippen LogP contribution in [0.3, 0.4) is 0 Å². The molecule has 94 valence electrons. The Morgan fingerprint density at radius 1 is 1.59 bits per heavy atom. The maximum absolute atomic E-state index is 5.52. The van der Waals surface area contributed by atoms with E-state index in [-0.39, 0.29) is 0 Å². The van der Waals surface area contributed by atoms with Crippen LogP contribution in [0.5, 0.6) is 0 Å². The van der Waals surface area contributed by atoms with Crippen LogP contribution in [0.25, 0.3) is 0 Å². The van der Waals surface area contributed by atoms with E-state index in [9.17, 15) is 0 Å². The number of pyridine rings is 1. The van der Waals surface area contributed by atoms with Gasteiger partial charge < -0.3 is 15.0 Å². The van der Waals surface area contributed by atoms with Gasteiger partial charge in [0.05, 0.1) is 24.9 Å². The molecule has 2 heterocycles. The number of morpholine rings is 1. The predicted molar refractivity (Wildman–Crippen MR) is 72.6 cm³/mol. The van der Waals surface area contributed by atoms with Gasteiger partial charge in [0.1, 0.15) is 5.82 Å². The average Bonchev–Trinajstić information content (AvgIpc) is 2.34. The number of aryl methyl sites for hydroxylation is 1. The molecule has 1 aliphatic rings. The highest BCUT2D eigenvalue weighted by Crippen LogP contribution is 2.21. The Balaban J connectivity index is 2.20. The van der Waals surface area contributed by atoms with Crippen molar-refractivity contribution in [2.24, 2.45) is 0 Å². The van der Waals surface area contributed by atoms with E-state index in [4.69, 9.17) is 4.74 Å². The van der Waals surface area contributed by atoms with Gasteiger partial charge in [0.2, 0.25) is 0 Å². The van der Waals surface area contributed by atoms with Crippen LogP contribution >= 0.6 is 15.9 Å². The number of ether oxygens (including phenoxy) is 1. The molecule has 0 radical (unpaired) electrons. The third-order valence-electron chi connectivity index (χ3n) is 2.97. The lowest BCUT2D eigenvalue weighted by molar-refractivity contribution is 0.0939. The van der Waals surface area contributed by atoms with Crippen molar-refractivity contribution >= 4 is 21.7 Å². The van der Waals surface area contributed by atoms with Gasteiger partial charge in [-0.3, -0.25) is 0 Å². The third-order valence-corrected chi connectivity index (χ3v) is 3.81. The van der Waals surface area contributed by atoms with E-state index in [1.54, 1.807) is 0 Å². The molecule has 0 bridgehead atoms. The molecular formula is C12H18BrN3O. The quantitative estimate of drug-likeness (QED) is 0.919. The third kappa shape index (κ3) is 2.97. The molecule has 17 heavy (non-hydrogen) atoms. The fourth-order valence-electron chi connectivity index (χ4n) is 2.05. The summed E-state index contributed by atoms with van der Waals surface area (Å²) in [5.74, 6) is 1.04. The van der Waals surface area contributed by atoms with Crippen molar-refractivity contribution in [2.75, 3.05) is 38.3 Å². The largest absolute Gasteiger partial charge is 0.377 e. The summed E-state index contributed by atoms with van der Waals surface area (Å²) in [6, 6.07) is 4.48. The number of aromatic nitrogens is 1. The Bertz CT molecular complexity index is 384. The van der Waals surface area contributed by atoms with Gasteiger partial charge in [-0.25, -0.2) is 4.98 Å². The molecule has 5 heteroatoms. The molecule has 0 aliphatic carbocycles. The van der Waals surface area contributed by atoms with Crippen LogP contribution < -0.4 is 10.2 Å². The Labute approximate surface area is 110 Å². The summed E-state index contributed by atoms with van der Waals surface area (Å²) in [6.45, 7) is 5.37. The first-order chi connectivity index (χ1) is 8.22. The number of anilines is 1. The minimum Gasteiger partial charge on any atom is -0.377 e. The van der Waals surface area contributed by atoms with E-state index in [1.165, 1.54) is 0 Å². The molecule has 4 nitrogen and oxygen atoms in total. The van der Waals surface area contributed by atoms with E-state index >= 15 is 0 Å². The number of hydrogen-bond donors (Lipinski definition) is 1. The summed E-state index contributed by atoms with van der Waals surface area (Å²) in [5, 5.41) is 3.20. The van der Waals surface area contributed by atoms with Crippen LogP contribution in [0.4, 0.5) is 5.82 Å². The van der Waals surface area contributed by atoms with Crippen LogP contribution in [0.2, 0.25) is 0 Å². The van der Waals surface area contributed by atoms with Gasteiger partial charge in [-0.1, -0.05) is 0 Å². The van der Waals surface area contributed by atoms with Gasteiger partial charge in [-0.15, -0.1) is 0 Å². The molecule has 1 fully saturated rings. The normalized spacial score (nSPS) is 20.6. The van der Waals surface area contributed by atoms with Crippen molar-refractivity contribution in [1.82, 2.24) is 10.3 Å². The lowest BCUT2D eigenvalue weighted by atomic mass is 10.2. The number of likely N-dealkylation sites (N-methyl/N-ethyl adjacent to an activating group) is 1. The number of nitrogens with one attached hydrogen (secondary N) is 1. The van der Waals surface area contributed by atoms with Gasteiger partial charge in [0, 0.05) is 17.6 Å². The second-order valence-corrected chi connectivity index (χ2v) is 5.07. The van der Waals surface area contributed by atoms with Gasteiger partial charge in [-0.2, -0.15) is 0 Å². The maximum Gasteiger partial charge on any atom is 0.129 e. The topological polar surface area (TPSA) is 37.4 Å². The highest BCUT2D eigenvalue weighted by Gasteiger charge is 2.23. The lowest BCUT2D eigenvalue weighted by Gasteiger charge is -2.36. The van der Waals surface area contributed by atoms with Crippen molar-refractivity contribution in [1.29, 1.82) is 0 Å². The summed E-state index contributed by atoms with van der Waals surface area (Å²) >= 11 is 3.48. The molecule has 2 rings (SSSR count). The fourth-order valence-corrected chi connectivity index (χ4v) is 2.27. The second kappa shape index (κ2) is 5.80. The van der Waals surface area contributed by atoms with Crippen molar-refractivity contribution < 1.29 is 4.74 Å². The van der Waals surface area contributed by atoms with Crippen LogP contribution in [-0.2, 0) is 4.74 Å². The molecule has 1 aromatic heterocycles. The fraction of sp³-hybridized carbons (Fsp3) is 0.583. The SMILES string of the molecule is CNCC1COCCN1c1ccc(Br)c(C)n1. The van der Waals surface area contributed by atoms with Crippen molar-refractivity contribution in [3.05, 3.63) is 22.3 Å². The molecule has 0 spiro atoms. The maximum atomic E-state index is 5.52. The van der Waals surface area contributed by atoms with Crippen LogP contribution in [-0.4, -0.2) is 44.4 Å². The molecule has 1 unspecified atom stereocenters. The van der Waals surface area contributed by atoms with Crippen LogP contribution in [0, 0.1) is 6.92 Å². The van der Waals surface area contributed by atoms with Crippen molar-refractivity contribution in [2.45, 2.75) is 13.0 Å². The summed E-state index contributed by atoms with van der Waals surface area (Å²) in [4.78, 5) is 6.94. The molecule has 1 saturated heterocycles. The molecule has 1 aliphatic heterocycles. The van der Waals surface area contributed by atoms with Gasteiger partial charge in [-0.05, 0) is 42.0 Å². The van der Waals surface area contributed by atoms with E-state index in [0.717, 1.165) is 42.3 Å². The smallest absolute Gasteiger partial charge is 0.129 e. The standard InChI is InChI=1S/C12H18BrN3O/c1-9-11(13)3-4-12(15-9)16-5-6-17-8-10(16)7-14-2/h3-4,10,14H,5-8H2,1-2H3. The Morgan fingerprint density at radius 3 is 3.12 bits per heavy atom. The molecule has 1 aromatic rings. The lowest BCUT2D eigenvalue weighted by Crippen LogP contribution is -2.50. The molecule has 0 aromatic carbocycles. The minimum atomic E-state index is 0.363. The minimum absolute atomic E-state index is 0.363. The summed E-state index contributed by atoms with van der Waals surface area (Å²) in [7, 11) is 1.97. The van der Waals surface area contributed by atoms with Crippen molar-refractivity contribution in [3.63, 3.8) is 0 Å². The van der Waals surface area contributed by atoms with Crippen LogP contribution in [0.1, 0.15) is 5.69 Å². The van der Waals surface area contributed by atoms with Crippen LogP contribution in [0.15, 0.2) is 16.6 Å². The Morgan fingerprint density at radius 2 is 2.41 bits per heavy atom. The zero-order valence-electron chi connectivity index (χ0n) is 10.2. The molecule has 0 saturated carbocycles. The highest BCUT2D eigenvalue weighted by atomic mass is 79.9. The monoisotopic (exact) mass is 299 g/mol. The molecule has 0 amide bonds. The van der Waals surface area contributed by atoms with E-state index in [2.05, 4.69) is 43.3 Å². The predicted octanol–water partition coefficient (Wildman–Crippen LogP) is 1.58. The first kappa shape index (κ1) is 12.8. The van der Waals surface area contributed by atoms with Gasteiger partial charge >= 0.3 is 0 Å². The zero-order valence-corrected chi connectivity index (χ0v) is 11.8. The Hall–Kier alpha value is -0.650. The number of hydrogen-bond acceptors (Lipinski definition) is 4.